The van der Waals surface area contributed by atoms with E-state index in [1.165, 1.54) is 44.9 Å². The first-order valence-corrected chi connectivity index (χ1v) is 9.69. The summed E-state index contributed by atoms with van der Waals surface area (Å²) in [5.41, 5.74) is 0. The molecule has 0 aromatic heterocycles. The Kier molecular flexibility index (Phi) is 14.2. The summed E-state index contributed by atoms with van der Waals surface area (Å²) in [6.45, 7) is 7.94. The predicted molar refractivity (Wildman–Crippen MR) is 105 cm³/mol. The molecular weight excluding hydrogens is 332 g/mol. The third-order valence-electron chi connectivity index (χ3n) is 4.06. The van der Waals surface area contributed by atoms with Gasteiger partial charge in [0.25, 0.3) is 0 Å². The summed E-state index contributed by atoms with van der Waals surface area (Å²) in [6, 6.07) is 0. The molecular formula is C21H36O5. The molecule has 0 saturated carbocycles. The normalized spacial score (nSPS) is 12.4. The number of allylic oxidation sites excluding steroid dienone is 1. The maximum Gasteiger partial charge on any atom is 0.330 e. The van der Waals surface area contributed by atoms with Crippen LogP contribution in [0, 0.1) is 5.92 Å². The van der Waals surface area contributed by atoms with Gasteiger partial charge in [-0.2, -0.15) is 0 Å². The Morgan fingerprint density at radius 1 is 0.885 bits per heavy atom. The highest BCUT2D eigenvalue weighted by Gasteiger charge is 2.04. The highest BCUT2D eigenvalue weighted by molar-refractivity contribution is 5.82. The summed E-state index contributed by atoms with van der Waals surface area (Å²) in [5.74, 6) is -1.87. The smallest absolute Gasteiger partial charge is 0.330 e. The summed E-state index contributed by atoms with van der Waals surface area (Å²) < 4.78 is 5.00. The van der Waals surface area contributed by atoms with Crippen LogP contribution in [0.1, 0.15) is 78.1 Å². The van der Waals surface area contributed by atoms with E-state index in [1.54, 1.807) is 0 Å². The first-order chi connectivity index (χ1) is 12.3. The number of carbonyl (C=O) groups is 1. The molecule has 0 rings (SSSR count). The number of hydrogen-bond donors (Lipinski definition) is 3. The Morgan fingerprint density at radius 2 is 1.38 bits per heavy atom. The van der Waals surface area contributed by atoms with Gasteiger partial charge >= 0.3 is 5.97 Å². The van der Waals surface area contributed by atoms with Crippen LogP contribution in [0.25, 0.3) is 0 Å². The SMILES string of the molecule is C=C(O)/C(O)=C(O)\C=C\C(=O)OCCCCCCCCCCCC(C)C. The number of aliphatic hydroxyl groups excluding tert-OH is 3. The van der Waals surface area contributed by atoms with Crippen LogP contribution in [-0.2, 0) is 9.53 Å². The molecule has 0 aliphatic carbocycles. The Bertz CT molecular complexity index is 463. The summed E-state index contributed by atoms with van der Waals surface area (Å²) >= 11 is 0. The van der Waals surface area contributed by atoms with Gasteiger partial charge in [-0.1, -0.05) is 78.2 Å². The van der Waals surface area contributed by atoms with Gasteiger partial charge in [-0.25, -0.2) is 4.79 Å². The number of aliphatic hydroxyl groups is 3. The molecule has 150 valence electrons. The van der Waals surface area contributed by atoms with Crippen molar-refractivity contribution in [3.63, 3.8) is 0 Å². The van der Waals surface area contributed by atoms with E-state index in [0.717, 1.165) is 37.3 Å². The van der Waals surface area contributed by atoms with Crippen molar-refractivity contribution in [2.45, 2.75) is 78.1 Å². The maximum absolute atomic E-state index is 11.4. The zero-order chi connectivity index (χ0) is 19.8. The van der Waals surface area contributed by atoms with Crippen LogP contribution in [0.3, 0.4) is 0 Å². The summed E-state index contributed by atoms with van der Waals surface area (Å²) in [7, 11) is 0. The molecule has 0 amide bonds. The number of ether oxygens (including phenoxy) is 1. The van der Waals surface area contributed by atoms with E-state index in [0.29, 0.717) is 6.61 Å². The monoisotopic (exact) mass is 368 g/mol. The van der Waals surface area contributed by atoms with Gasteiger partial charge in [0.05, 0.1) is 6.61 Å². The van der Waals surface area contributed by atoms with Gasteiger partial charge < -0.3 is 20.1 Å². The van der Waals surface area contributed by atoms with Gasteiger partial charge in [0.1, 0.15) is 0 Å². The van der Waals surface area contributed by atoms with Crippen molar-refractivity contribution in [3.05, 3.63) is 36.0 Å². The van der Waals surface area contributed by atoms with Crippen LogP contribution in [0.4, 0.5) is 0 Å². The average Bonchev–Trinajstić information content (AvgIpc) is 2.59. The highest BCUT2D eigenvalue weighted by Crippen LogP contribution is 2.13. The maximum atomic E-state index is 11.4. The van der Waals surface area contributed by atoms with Crippen LogP contribution in [-0.4, -0.2) is 27.9 Å². The second kappa shape index (κ2) is 15.4. The fourth-order valence-corrected chi connectivity index (χ4v) is 2.49. The molecule has 0 radical (unpaired) electrons. The quantitative estimate of drug-likeness (QED) is 0.108. The third-order valence-corrected chi connectivity index (χ3v) is 4.06. The lowest BCUT2D eigenvalue weighted by molar-refractivity contribution is -0.137. The number of esters is 1. The van der Waals surface area contributed by atoms with Crippen LogP contribution in [0.2, 0.25) is 0 Å². The Labute approximate surface area is 158 Å². The largest absolute Gasteiger partial charge is 0.505 e. The van der Waals surface area contributed by atoms with E-state index in [-0.39, 0.29) is 0 Å². The molecule has 0 aliphatic heterocycles. The topological polar surface area (TPSA) is 87.0 Å². The summed E-state index contributed by atoms with van der Waals surface area (Å²) in [4.78, 5) is 11.4. The van der Waals surface area contributed by atoms with Crippen LogP contribution < -0.4 is 0 Å². The molecule has 26 heavy (non-hydrogen) atoms. The fraction of sp³-hybridized carbons (Fsp3) is 0.667. The Balaban J connectivity index is 3.54. The Morgan fingerprint density at radius 3 is 1.88 bits per heavy atom. The average molecular weight is 369 g/mol. The van der Waals surface area contributed by atoms with E-state index in [9.17, 15) is 15.0 Å². The van der Waals surface area contributed by atoms with Crippen molar-refractivity contribution in [1.29, 1.82) is 0 Å². The number of hydrogen-bond acceptors (Lipinski definition) is 5. The van der Waals surface area contributed by atoms with Crippen molar-refractivity contribution in [1.82, 2.24) is 0 Å². The second-order valence-electron chi connectivity index (χ2n) is 7.05. The van der Waals surface area contributed by atoms with Gasteiger partial charge in [-0.15, -0.1) is 0 Å². The molecule has 0 fully saturated rings. The van der Waals surface area contributed by atoms with Gasteiger partial charge in [-0.05, 0) is 18.4 Å². The summed E-state index contributed by atoms with van der Waals surface area (Å²) in [6.07, 6.45) is 14.1. The van der Waals surface area contributed by atoms with E-state index in [2.05, 4.69) is 20.4 Å². The highest BCUT2D eigenvalue weighted by atomic mass is 16.5. The van der Waals surface area contributed by atoms with Crippen molar-refractivity contribution in [3.8, 4) is 0 Å². The van der Waals surface area contributed by atoms with E-state index in [4.69, 9.17) is 9.84 Å². The molecule has 0 heterocycles. The van der Waals surface area contributed by atoms with Crippen molar-refractivity contribution >= 4 is 5.97 Å². The molecule has 0 aromatic carbocycles. The van der Waals surface area contributed by atoms with E-state index in [1.807, 2.05) is 0 Å². The standard InChI is InChI=1S/C21H36O5/c1-17(2)13-11-9-7-5-4-6-8-10-12-16-26-20(24)15-14-19(23)21(25)18(3)22/h14-15,17,22-23,25H,3-13,16H2,1-2H3/b15-14+,21-19-. The molecule has 0 atom stereocenters. The Hall–Kier alpha value is -1.91. The summed E-state index contributed by atoms with van der Waals surface area (Å²) in [5, 5.41) is 27.4. The van der Waals surface area contributed by atoms with Crippen molar-refractivity contribution in [2.24, 2.45) is 5.92 Å². The predicted octanol–water partition coefficient (Wildman–Crippen LogP) is 6.04. The van der Waals surface area contributed by atoms with Crippen molar-refractivity contribution in [2.75, 3.05) is 6.61 Å². The minimum Gasteiger partial charge on any atom is -0.505 e. The van der Waals surface area contributed by atoms with Gasteiger partial charge in [-0.3, -0.25) is 0 Å². The molecule has 0 bridgehead atoms. The first-order valence-electron chi connectivity index (χ1n) is 9.69. The molecule has 5 nitrogen and oxygen atoms in total. The lowest BCUT2D eigenvalue weighted by atomic mass is 10.0. The molecule has 0 saturated heterocycles. The van der Waals surface area contributed by atoms with Gasteiger partial charge in [0.2, 0.25) is 0 Å². The molecule has 3 N–H and O–H groups in total. The molecule has 0 aliphatic rings. The second-order valence-corrected chi connectivity index (χ2v) is 7.05. The van der Waals surface area contributed by atoms with Gasteiger partial charge in [0, 0.05) is 6.08 Å². The zero-order valence-corrected chi connectivity index (χ0v) is 16.4. The minimum absolute atomic E-state index is 0.335. The van der Waals surface area contributed by atoms with Crippen LogP contribution in [0.5, 0.6) is 0 Å². The lowest BCUT2D eigenvalue weighted by Crippen LogP contribution is -2.02. The number of unbranched alkanes of at least 4 members (excludes halogenated alkanes) is 8. The van der Waals surface area contributed by atoms with E-state index >= 15 is 0 Å². The zero-order valence-electron chi connectivity index (χ0n) is 16.4. The number of rotatable bonds is 15. The lowest BCUT2D eigenvalue weighted by Gasteiger charge is -2.05. The van der Waals surface area contributed by atoms with E-state index < -0.39 is 23.2 Å². The van der Waals surface area contributed by atoms with Crippen molar-refractivity contribution < 1.29 is 24.9 Å². The molecule has 0 unspecified atom stereocenters. The van der Waals surface area contributed by atoms with Crippen LogP contribution in [0.15, 0.2) is 36.0 Å². The molecule has 5 heteroatoms. The van der Waals surface area contributed by atoms with Crippen LogP contribution >= 0.6 is 0 Å². The third kappa shape index (κ3) is 14.4. The molecule has 0 aromatic rings. The molecule has 0 spiro atoms. The first kappa shape index (κ1) is 24.1. The fourth-order valence-electron chi connectivity index (χ4n) is 2.49. The minimum atomic E-state index is -0.769. The van der Waals surface area contributed by atoms with Gasteiger partial charge in [0.15, 0.2) is 17.3 Å². The number of carbonyl (C=O) groups excluding carboxylic acids is 1.